The molecule has 1 aromatic rings. The minimum absolute atomic E-state index is 0.539. The Morgan fingerprint density at radius 2 is 2.20 bits per heavy atom. The second-order valence-electron chi connectivity index (χ2n) is 2.27. The monoisotopic (exact) mass is 158 g/mol. The van der Waals surface area contributed by atoms with E-state index >= 15 is 0 Å². The van der Waals surface area contributed by atoms with E-state index in [0.29, 0.717) is 5.13 Å². The number of nitrogens with zero attached hydrogens (tertiary/aromatic N) is 3. The third-order valence-electron chi connectivity index (χ3n) is 0.934. The van der Waals surface area contributed by atoms with Crippen molar-refractivity contribution in [1.82, 2.24) is 15.1 Å². The molecule has 0 fully saturated rings. The Kier molecular flexibility index (Phi) is 2.18. The van der Waals surface area contributed by atoms with Gasteiger partial charge in [0.2, 0.25) is 5.13 Å². The molecule has 1 heterocycles. The van der Waals surface area contributed by atoms with E-state index in [4.69, 9.17) is 5.73 Å². The average Bonchev–Trinajstić information content (AvgIpc) is 2.13. The van der Waals surface area contributed by atoms with Crippen molar-refractivity contribution in [3.8, 4) is 0 Å². The van der Waals surface area contributed by atoms with Crippen LogP contribution in [0.2, 0.25) is 0 Å². The van der Waals surface area contributed by atoms with Crippen LogP contribution in [0.5, 0.6) is 0 Å². The first kappa shape index (κ1) is 7.43. The first-order valence-corrected chi connectivity index (χ1v) is 3.72. The average molecular weight is 158 g/mol. The maximum atomic E-state index is 5.38. The van der Waals surface area contributed by atoms with E-state index in [0.717, 1.165) is 11.6 Å². The van der Waals surface area contributed by atoms with Crippen LogP contribution in [0.25, 0.3) is 0 Å². The summed E-state index contributed by atoms with van der Waals surface area (Å²) in [4.78, 5) is 2.03. The van der Waals surface area contributed by atoms with Gasteiger partial charge in [0, 0.05) is 0 Å². The largest absolute Gasteiger partial charge is 0.374 e. The van der Waals surface area contributed by atoms with Gasteiger partial charge in [-0.1, -0.05) is 11.3 Å². The Balaban J connectivity index is 2.58. The summed E-state index contributed by atoms with van der Waals surface area (Å²) in [6, 6.07) is 0. The minimum Gasteiger partial charge on any atom is -0.374 e. The second-order valence-corrected chi connectivity index (χ2v) is 3.37. The zero-order chi connectivity index (χ0) is 7.56. The molecule has 1 aromatic heterocycles. The topological polar surface area (TPSA) is 55.0 Å². The lowest BCUT2D eigenvalue weighted by Crippen LogP contribution is -2.10. The third-order valence-corrected chi connectivity index (χ3v) is 1.67. The Bertz CT molecular complexity index is 207. The van der Waals surface area contributed by atoms with E-state index in [1.54, 1.807) is 0 Å². The number of aromatic nitrogens is 2. The summed E-state index contributed by atoms with van der Waals surface area (Å²) in [6.45, 7) is 0.814. The molecule has 0 saturated heterocycles. The van der Waals surface area contributed by atoms with Crippen LogP contribution in [0.1, 0.15) is 5.01 Å². The van der Waals surface area contributed by atoms with E-state index in [1.807, 2.05) is 19.0 Å². The smallest absolute Gasteiger partial charge is 0.203 e. The summed E-state index contributed by atoms with van der Waals surface area (Å²) in [6.07, 6.45) is 0. The van der Waals surface area contributed by atoms with Crippen molar-refractivity contribution >= 4 is 16.5 Å². The summed E-state index contributed by atoms with van der Waals surface area (Å²) in [5.41, 5.74) is 5.38. The maximum Gasteiger partial charge on any atom is 0.203 e. The quantitative estimate of drug-likeness (QED) is 0.667. The van der Waals surface area contributed by atoms with Crippen molar-refractivity contribution in [2.75, 3.05) is 19.8 Å². The molecule has 0 aliphatic rings. The van der Waals surface area contributed by atoms with Gasteiger partial charge in [0.1, 0.15) is 5.01 Å². The molecule has 0 aliphatic heterocycles. The predicted octanol–water partition coefficient (Wildman–Crippen LogP) is 0.182. The minimum atomic E-state index is 0.539. The molecule has 4 nitrogen and oxygen atoms in total. The summed E-state index contributed by atoms with van der Waals surface area (Å²) < 4.78 is 0. The molecular formula is C5H10N4S. The molecule has 0 amide bonds. The lowest BCUT2D eigenvalue weighted by atomic mass is 10.6. The van der Waals surface area contributed by atoms with Gasteiger partial charge < -0.3 is 10.6 Å². The number of nitrogens with two attached hydrogens (primary N) is 1. The van der Waals surface area contributed by atoms with E-state index in [9.17, 15) is 0 Å². The van der Waals surface area contributed by atoms with Gasteiger partial charge in [0.05, 0.1) is 6.54 Å². The first-order chi connectivity index (χ1) is 4.68. The van der Waals surface area contributed by atoms with Crippen LogP contribution in [-0.4, -0.2) is 29.2 Å². The van der Waals surface area contributed by atoms with Gasteiger partial charge in [-0.15, -0.1) is 10.2 Å². The summed E-state index contributed by atoms with van der Waals surface area (Å²) in [5.74, 6) is 0. The molecule has 10 heavy (non-hydrogen) atoms. The van der Waals surface area contributed by atoms with E-state index in [2.05, 4.69) is 10.2 Å². The van der Waals surface area contributed by atoms with Crippen LogP contribution in [0.4, 0.5) is 5.13 Å². The van der Waals surface area contributed by atoms with Crippen LogP contribution in [0, 0.1) is 0 Å². The molecule has 0 atom stereocenters. The van der Waals surface area contributed by atoms with Crippen molar-refractivity contribution in [2.24, 2.45) is 0 Å². The molecule has 2 N–H and O–H groups in total. The summed E-state index contributed by atoms with van der Waals surface area (Å²) in [5, 5.41) is 9.05. The predicted molar refractivity (Wildman–Crippen MR) is 41.7 cm³/mol. The first-order valence-electron chi connectivity index (χ1n) is 2.91. The SMILES string of the molecule is CN(C)Cc1nnc(N)s1. The molecule has 1 rings (SSSR count). The van der Waals surface area contributed by atoms with Gasteiger partial charge in [-0.2, -0.15) is 0 Å². The molecule has 0 bridgehead atoms. The lowest BCUT2D eigenvalue weighted by Gasteiger charge is -2.03. The zero-order valence-corrected chi connectivity index (χ0v) is 6.85. The summed E-state index contributed by atoms with van der Waals surface area (Å²) >= 11 is 1.43. The van der Waals surface area contributed by atoms with Crippen molar-refractivity contribution < 1.29 is 0 Å². The van der Waals surface area contributed by atoms with Gasteiger partial charge in [-0.3, -0.25) is 0 Å². The zero-order valence-electron chi connectivity index (χ0n) is 6.03. The Morgan fingerprint density at radius 3 is 2.60 bits per heavy atom. The van der Waals surface area contributed by atoms with Gasteiger partial charge in [-0.05, 0) is 14.1 Å². The highest BCUT2D eigenvalue weighted by Gasteiger charge is 2.00. The van der Waals surface area contributed by atoms with E-state index < -0.39 is 0 Å². The molecule has 0 aliphatic carbocycles. The normalized spacial score (nSPS) is 10.7. The lowest BCUT2D eigenvalue weighted by molar-refractivity contribution is 0.400. The fraction of sp³-hybridized carbons (Fsp3) is 0.600. The van der Waals surface area contributed by atoms with Crippen molar-refractivity contribution in [1.29, 1.82) is 0 Å². The number of anilines is 1. The van der Waals surface area contributed by atoms with Crippen LogP contribution in [-0.2, 0) is 6.54 Å². The van der Waals surface area contributed by atoms with Gasteiger partial charge in [0.25, 0.3) is 0 Å². The Morgan fingerprint density at radius 1 is 1.50 bits per heavy atom. The van der Waals surface area contributed by atoms with E-state index in [-0.39, 0.29) is 0 Å². The number of hydrogen-bond acceptors (Lipinski definition) is 5. The van der Waals surface area contributed by atoms with Crippen LogP contribution in [0.15, 0.2) is 0 Å². The van der Waals surface area contributed by atoms with Gasteiger partial charge in [-0.25, -0.2) is 0 Å². The van der Waals surface area contributed by atoms with Gasteiger partial charge >= 0.3 is 0 Å². The fourth-order valence-electron chi connectivity index (χ4n) is 0.601. The molecule has 5 heteroatoms. The van der Waals surface area contributed by atoms with E-state index in [1.165, 1.54) is 11.3 Å². The van der Waals surface area contributed by atoms with Crippen LogP contribution >= 0.6 is 11.3 Å². The Labute approximate surface area is 63.7 Å². The van der Waals surface area contributed by atoms with Crippen molar-refractivity contribution in [3.05, 3.63) is 5.01 Å². The molecule has 0 radical (unpaired) electrons. The summed E-state index contributed by atoms with van der Waals surface area (Å²) in [7, 11) is 3.97. The molecule has 0 unspecified atom stereocenters. The second kappa shape index (κ2) is 2.94. The van der Waals surface area contributed by atoms with Gasteiger partial charge in [0.15, 0.2) is 0 Å². The van der Waals surface area contributed by atoms with Crippen LogP contribution in [0.3, 0.4) is 0 Å². The molecular weight excluding hydrogens is 148 g/mol. The number of rotatable bonds is 2. The molecule has 0 saturated carbocycles. The molecule has 0 spiro atoms. The number of nitrogen functional groups attached to an aromatic ring is 1. The number of hydrogen-bond donors (Lipinski definition) is 1. The fourth-order valence-corrected chi connectivity index (χ4v) is 1.33. The third kappa shape index (κ3) is 1.93. The molecule has 56 valence electrons. The maximum absolute atomic E-state index is 5.38. The van der Waals surface area contributed by atoms with Crippen LogP contribution < -0.4 is 5.73 Å². The molecule has 0 aromatic carbocycles. The standard InChI is InChI=1S/C5H10N4S/c1-9(2)3-4-7-8-5(6)10-4/h3H2,1-2H3,(H2,6,8). The highest BCUT2D eigenvalue weighted by Crippen LogP contribution is 2.11. The highest BCUT2D eigenvalue weighted by molar-refractivity contribution is 7.15. The highest BCUT2D eigenvalue weighted by atomic mass is 32.1. The Hall–Kier alpha value is -0.680. The van der Waals surface area contributed by atoms with Crippen molar-refractivity contribution in [3.63, 3.8) is 0 Å². The van der Waals surface area contributed by atoms with Crippen molar-refractivity contribution in [2.45, 2.75) is 6.54 Å².